The van der Waals surface area contributed by atoms with Gasteiger partial charge in [0.1, 0.15) is 6.29 Å². The minimum Gasteiger partial charge on any atom is -0.390 e. The summed E-state index contributed by atoms with van der Waals surface area (Å²) in [7, 11) is 0. The molecule has 1 aliphatic carbocycles. The van der Waals surface area contributed by atoms with Crippen LogP contribution in [0.15, 0.2) is 0 Å². The number of aldehydes is 1. The smallest absolute Gasteiger partial charge is 0.120 e. The van der Waals surface area contributed by atoms with Crippen LogP contribution < -0.4 is 0 Å². The first-order valence-corrected chi connectivity index (χ1v) is 6.71. The molecule has 0 aromatic rings. The lowest BCUT2D eigenvalue weighted by molar-refractivity contribution is -0.110. The van der Waals surface area contributed by atoms with Crippen LogP contribution in [-0.4, -0.2) is 29.7 Å². The van der Waals surface area contributed by atoms with Gasteiger partial charge in [-0.05, 0) is 44.9 Å². The SMILES string of the molecule is C[C@H]1[C@H](CC=O)CCC[C@H]1OCCC(C)(C)O. The fourth-order valence-electron chi connectivity index (χ4n) is 2.56. The van der Waals surface area contributed by atoms with Gasteiger partial charge in [0, 0.05) is 13.0 Å². The zero-order valence-electron chi connectivity index (χ0n) is 11.3. The standard InChI is InChI=1S/C14H26O3/c1-11-12(7-9-15)5-4-6-13(11)17-10-8-14(2,3)16/h9,11-13,16H,4-8,10H2,1-3H3/t11-,12-,13+/m0/s1. The van der Waals surface area contributed by atoms with E-state index in [2.05, 4.69) is 6.92 Å². The van der Waals surface area contributed by atoms with E-state index in [9.17, 15) is 9.90 Å². The van der Waals surface area contributed by atoms with E-state index in [0.717, 1.165) is 25.5 Å². The Morgan fingerprint density at radius 1 is 1.41 bits per heavy atom. The monoisotopic (exact) mass is 242 g/mol. The van der Waals surface area contributed by atoms with E-state index in [1.807, 2.05) is 0 Å². The summed E-state index contributed by atoms with van der Waals surface area (Å²) in [6.45, 7) is 6.39. The van der Waals surface area contributed by atoms with Crippen molar-refractivity contribution in [3.05, 3.63) is 0 Å². The minimum absolute atomic E-state index is 0.260. The van der Waals surface area contributed by atoms with Crippen molar-refractivity contribution >= 4 is 6.29 Å². The second kappa shape index (κ2) is 6.50. The number of carbonyl (C=O) groups is 1. The van der Waals surface area contributed by atoms with Gasteiger partial charge in [-0.3, -0.25) is 0 Å². The van der Waals surface area contributed by atoms with E-state index in [-0.39, 0.29) is 6.10 Å². The quantitative estimate of drug-likeness (QED) is 0.728. The molecule has 1 rings (SSSR count). The Morgan fingerprint density at radius 2 is 2.12 bits per heavy atom. The van der Waals surface area contributed by atoms with E-state index in [1.165, 1.54) is 0 Å². The van der Waals surface area contributed by atoms with Gasteiger partial charge in [0.25, 0.3) is 0 Å². The second-order valence-electron chi connectivity index (χ2n) is 5.92. The Kier molecular flexibility index (Phi) is 5.60. The molecule has 0 aliphatic heterocycles. The first-order valence-electron chi connectivity index (χ1n) is 6.71. The fraction of sp³-hybridized carbons (Fsp3) is 0.929. The molecule has 1 saturated carbocycles. The fourth-order valence-corrected chi connectivity index (χ4v) is 2.56. The van der Waals surface area contributed by atoms with Gasteiger partial charge < -0.3 is 14.6 Å². The van der Waals surface area contributed by atoms with Gasteiger partial charge in [-0.25, -0.2) is 0 Å². The third-order valence-electron chi connectivity index (χ3n) is 3.84. The van der Waals surface area contributed by atoms with Crippen molar-refractivity contribution in [2.45, 2.75) is 64.6 Å². The second-order valence-corrected chi connectivity index (χ2v) is 5.92. The average Bonchev–Trinajstić information content (AvgIpc) is 2.22. The zero-order valence-corrected chi connectivity index (χ0v) is 11.3. The molecule has 0 unspecified atom stereocenters. The first kappa shape index (κ1) is 14.7. The van der Waals surface area contributed by atoms with Gasteiger partial charge in [-0.15, -0.1) is 0 Å². The molecule has 3 nitrogen and oxygen atoms in total. The highest BCUT2D eigenvalue weighted by Crippen LogP contribution is 2.33. The van der Waals surface area contributed by atoms with Crippen molar-refractivity contribution in [1.82, 2.24) is 0 Å². The van der Waals surface area contributed by atoms with Gasteiger partial charge >= 0.3 is 0 Å². The maximum absolute atomic E-state index is 10.6. The summed E-state index contributed by atoms with van der Waals surface area (Å²) in [5, 5.41) is 9.62. The maximum Gasteiger partial charge on any atom is 0.120 e. The van der Waals surface area contributed by atoms with Crippen molar-refractivity contribution in [3.8, 4) is 0 Å². The van der Waals surface area contributed by atoms with Gasteiger partial charge in [-0.1, -0.05) is 13.3 Å². The van der Waals surface area contributed by atoms with Crippen molar-refractivity contribution in [1.29, 1.82) is 0 Å². The molecule has 100 valence electrons. The summed E-state index contributed by atoms with van der Waals surface area (Å²) < 4.78 is 5.87. The molecule has 3 heteroatoms. The number of ether oxygens (including phenoxy) is 1. The summed E-state index contributed by atoms with van der Waals surface area (Å²) in [4.78, 5) is 10.6. The van der Waals surface area contributed by atoms with E-state index < -0.39 is 5.60 Å². The van der Waals surface area contributed by atoms with Gasteiger partial charge in [0.15, 0.2) is 0 Å². The van der Waals surface area contributed by atoms with Crippen LogP contribution >= 0.6 is 0 Å². The van der Waals surface area contributed by atoms with Crippen molar-refractivity contribution in [2.75, 3.05) is 6.61 Å². The highest BCUT2D eigenvalue weighted by molar-refractivity contribution is 5.49. The third-order valence-corrected chi connectivity index (χ3v) is 3.84. The summed E-state index contributed by atoms with van der Waals surface area (Å²) in [6.07, 6.45) is 5.99. The highest BCUT2D eigenvalue weighted by atomic mass is 16.5. The Morgan fingerprint density at radius 3 is 2.71 bits per heavy atom. The van der Waals surface area contributed by atoms with Crippen LogP contribution in [0.5, 0.6) is 0 Å². The number of hydrogen-bond acceptors (Lipinski definition) is 3. The highest BCUT2D eigenvalue weighted by Gasteiger charge is 2.30. The minimum atomic E-state index is -0.653. The molecule has 17 heavy (non-hydrogen) atoms. The van der Waals surface area contributed by atoms with Crippen molar-refractivity contribution < 1.29 is 14.6 Å². The average molecular weight is 242 g/mol. The zero-order chi connectivity index (χ0) is 12.9. The summed E-state index contributed by atoms with van der Waals surface area (Å²) in [5.74, 6) is 0.934. The molecule has 0 bridgehead atoms. The van der Waals surface area contributed by atoms with Crippen LogP contribution in [-0.2, 0) is 9.53 Å². The van der Waals surface area contributed by atoms with E-state index in [1.54, 1.807) is 13.8 Å². The normalized spacial score (nSPS) is 30.2. The summed E-state index contributed by atoms with van der Waals surface area (Å²) >= 11 is 0. The first-order chi connectivity index (χ1) is 7.94. The maximum atomic E-state index is 10.6. The topological polar surface area (TPSA) is 46.5 Å². The lowest BCUT2D eigenvalue weighted by Crippen LogP contribution is -2.34. The van der Waals surface area contributed by atoms with Gasteiger partial charge in [-0.2, -0.15) is 0 Å². The van der Waals surface area contributed by atoms with Crippen molar-refractivity contribution in [2.24, 2.45) is 11.8 Å². The predicted molar refractivity (Wildman–Crippen MR) is 67.8 cm³/mol. The molecule has 0 spiro atoms. The summed E-state index contributed by atoms with van der Waals surface area (Å²) in [6, 6.07) is 0. The van der Waals surface area contributed by atoms with E-state index in [4.69, 9.17) is 4.74 Å². The molecule has 1 N–H and O–H groups in total. The number of carbonyl (C=O) groups excluding carboxylic acids is 1. The largest absolute Gasteiger partial charge is 0.390 e. The number of aliphatic hydroxyl groups is 1. The van der Waals surface area contributed by atoms with Gasteiger partial charge in [0.2, 0.25) is 0 Å². The molecular weight excluding hydrogens is 216 g/mol. The molecular formula is C14H26O3. The predicted octanol–water partition coefficient (Wildman–Crippen LogP) is 2.56. The van der Waals surface area contributed by atoms with E-state index >= 15 is 0 Å². The van der Waals surface area contributed by atoms with Gasteiger partial charge in [0.05, 0.1) is 11.7 Å². The van der Waals surface area contributed by atoms with Crippen LogP contribution in [0, 0.1) is 11.8 Å². The lowest BCUT2D eigenvalue weighted by atomic mass is 9.77. The Balaban J connectivity index is 2.34. The lowest BCUT2D eigenvalue weighted by Gasteiger charge is -2.35. The van der Waals surface area contributed by atoms with Crippen LogP contribution in [0.4, 0.5) is 0 Å². The van der Waals surface area contributed by atoms with E-state index in [0.29, 0.717) is 31.3 Å². The number of hydrogen-bond donors (Lipinski definition) is 1. The van der Waals surface area contributed by atoms with Crippen LogP contribution in [0.3, 0.4) is 0 Å². The molecule has 0 aromatic heterocycles. The molecule has 0 radical (unpaired) electrons. The Bertz CT molecular complexity index is 232. The summed E-state index contributed by atoms with van der Waals surface area (Å²) in [5.41, 5.74) is -0.653. The Hall–Kier alpha value is -0.410. The molecule has 0 saturated heterocycles. The number of rotatable bonds is 6. The molecule has 1 aliphatic rings. The molecule has 3 atom stereocenters. The third kappa shape index (κ3) is 5.17. The van der Waals surface area contributed by atoms with Crippen LogP contribution in [0.2, 0.25) is 0 Å². The molecule has 0 aromatic carbocycles. The Labute approximate surface area is 105 Å². The van der Waals surface area contributed by atoms with Crippen molar-refractivity contribution in [3.63, 3.8) is 0 Å². The molecule has 0 amide bonds. The van der Waals surface area contributed by atoms with Crippen LogP contribution in [0.25, 0.3) is 0 Å². The van der Waals surface area contributed by atoms with Crippen LogP contribution in [0.1, 0.15) is 52.9 Å². The molecule has 0 heterocycles. The molecule has 1 fully saturated rings.